The Morgan fingerprint density at radius 3 is 2.93 bits per heavy atom. The Bertz CT molecular complexity index is 383. The number of halogens is 1. The highest BCUT2D eigenvalue weighted by atomic mass is 79.9. The second-order valence-corrected chi connectivity index (χ2v) is 5.99. The smallest absolute Gasteiger partial charge is 0.175 e. The average molecular weight is 285 g/mol. The lowest BCUT2D eigenvalue weighted by molar-refractivity contribution is 0.0988. The largest absolute Gasteiger partial charge is 0.293 e. The van der Waals surface area contributed by atoms with Gasteiger partial charge in [0.2, 0.25) is 0 Å². The minimum Gasteiger partial charge on any atom is -0.293 e. The topological polar surface area (TPSA) is 17.1 Å². The molecule has 1 fully saturated rings. The van der Waals surface area contributed by atoms with Gasteiger partial charge in [-0.2, -0.15) is 11.8 Å². The molecular formula is C12H13BrOS. The molecule has 2 rings (SSSR count). The number of rotatable bonds is 2. The van der Waals surface area contributed by atoms with Crippen molar-refractivity contribution in [3.63, 3.8) is 0 Å². The van der Waals surface area contributed by atoms with Crippen LogP contribution in [0.25, 0.3) is 0 Å². The van der Waals surface area contributed by atoms with E-state index in [9.17, 15) is 4.79 Å². The van der Waals surface area contributed by atoms with Gasteiger partial charge in [-0.05, 0) is 43.2 Å². The molecule has 0 spiro atoms. The SMILES string of the molecule is Cc1cc(C(=O)C2CCCS2)ccc1Br. The van der Waals surface area contributed by atoms with Crippen LogP contribution in [0.15, 0.2) is 22.7 Å². The van der Waals surface area contributed by atoms with Crippen molar-refractivity contribution in [1.82, 2.24) is 0 Å². The van der Waals surface area contributed by atoms with E-state index >= 15 is 0 Å². The summed E-state index contributed by atoms with van der Waals surface area (Å²) in [6.45, 7) is 2.02. The summed E-state index contributed by atoms with van der Waals surface area (Å²) < 4.78 is 1.07. The van der Waals surface area contributed by atoms with Crippen LogP contribution >= 0.6 is 27.7 Å². The highest BCUT2D eigenvalue weighted by molar-refractivity contribution is 9.10. The first-order chi connectivity index (χ1) is 7.18. The molecular weight excluding hydrogens is 272 g/mol. The van der Waals surface area contributed by atoms with Gasteiger partial charge in [-0.1, -0.05) is 22.0 Å². The highest BCUT2D eigenvalue weighted by Crippen LogP contribution is 2.29. The first kappa shape index (κ1) is 11.2. The number of benzene rings is 1. The van der Waals surface area contributed by atoms with Gasteiger partial charge in [-0.25, -0.2) is 0 Å². The molecule has 1 nitrogen and oxygen atoms in total. The standard InChI is InChI=1S/C12H13BrOS/c1-8-7-9(4-5-10(8)13)12(14)11-3-2-6-15-11/h4-5,7,11H,2-3,6H2,1H3. The van der Waals surface area contributed by atoms with E-state index in [1.165, 1.54) is 6.42 Å². The van der Waals surface area contributed by atoms with E-state index in [4.69, 9.17) is 0 Å². The van der Waals surface area contributed by atoms with Crippen molar-refractivity contribution in [2.24, 2.45) is 0 Å². The van der Waals surface area contributed by atoms with Crippen LogP contribution in [0.2, 0.25) is 0 Å². The van der Waals surface area contributed by atoms with Gasteiger partial charge in [0, 0.05) is 10.0 Å². The third kappa shape index (κ3) is 2.45. The molecule has 1 saturated heterocycles. The maximum absolute atomic E-state index is 12.1. The molecule has 1 unspecified atom stereocenters. The molecule has 0 N–H and O–H groups in total. The third-order valence-corrected chi connectivity index (χ3v) is 4.93. The Kier molecular flexibility index (Phi) is 3.52. The van der Waals surface area contributed by atoms with Gasteiger partial charge in [0.15, 0.2) is 5.78 Å². The molecule has 3 heteroatoms. The van der Waals surface area contributed by atoms with Crippen molar-refractivity contribution >= 4 is 33.5 Å². The van der Waals surface area contributed by atoms with Gasteiger partial charge in [-0.15, -0.1) is 0 Å². The highest BCUT2D eigenvalue weighted by Gasteiger charge is 2.24. The maximum atomic E-state index is 12.1. The lowest BCUT2D eigenvalue weighted by Crippen LogP contribution is -2.14. The third-order valence-electron chi connectivity index (χ3n) is 2.66. The van der Waals surface area contributed by atoms with Gasteiger partial charge >= 0.3 is 0 Å². The van der Waals surface area contributed by atoms with Crippen LogP contribution < -0.4 is 0 Å². The lowest BCUT2D eigenvalue weighted by Gasteiger charge is -2.08. The van der Waals surface area contributed by atoms with Gasteiger partial charge in [0.1, 0.15) is 0 Å². The summed E-state index contributed by atoms with van der Waals surface area (Å²) >= 11 is 5.24. The van der Waals surface area contributed by atoms with E-state index in [0.717, 1.165) is 27.8 Å². The summed E-state index contributed by atoms with van der Waals surface area (Å²) in [6.07, 6.45) is 2.22. The molecule has 1 aliphatic heterocycles. The second kappa shape index (κ2) is 4.71. The number of hydrogen-bond donors (Lipinski definition) is 0. The van der Waals surface area contributed by atoms with Crippen molar-refractivity contribution in [1.29, 1.82) is 0 Å². The van der Waals surface area contributed by atoms with Crippen LogP contribution in [0, 0.1) is 6.92 Å². The van der Waals surface area contributed by atoms with Crippen molar-refractivity contribution < 1.29 is 4.79 Å². The van der Waals surface area contributed by atoms with E-state index in [1.54, 1.807) is 11.8 Å². The van der Waals surface area contributed by atoms with Gasteiger partial charge in [-0.3, -0.25) is 4.79 Å². The predicted molar refractivity (Wildman–Crippen MR) is 68.7 cm³/mol. The molecule has 0 bridgehead atoms. The summed E-state index contributed by atoms with van der Waals surface area (Å²) in [5.74, 6) is 1.43. The minimum atomic E-state index is 0.200. The van der Waals surface area contributed by atoms with Crippen molar-refractivity contribution in [2.45, 2.75) is 25.0 Å². The Morgan fingerprint density at radius 1 is 1.53 bits per heavy atom. The Balaban J connectivity index is 2.21. The van der Waals surface area contributed by atoms with Crippen LogP contribution in [0.4, 0.5) is 0 Å². The molecule has 1 heterocycles. The molecule has 0 aliphatic carbocycles. The summed E-state index contributed by atoms with van der Waals surface area (Å²) in [4.78, 5) is 12.1. The van der Waals surface area contributed by atoms with Crippen LogP contribution in [0.1, 0.15) is 28.8 Å². The van der Waals surface area contributed by atoms with E-state index in [-0.39, 0.29) is 5.25 Å². The summed E-state index contributed by atoms with van der Waals surface area (Å²) in [6, 6.07) is 5.85. The zero-order valence-electron chi connectivity index (χ0n) is 8.63. The fourth-order valence-electron chi connectivity index (χ4n) is 1.77. The normalized spacial score (nSPS) is 20.5. The van der Waals surface area contributed by atoms with Gasteiger partial charge in [0.25, 0.3) is 0 Å². The molecule has 1 aromatic rings. The fourth-order valence-corrected chi connectivity index (χ4v) is 3.25. The van der Waals surface area contributed by atoms with Crippen LogP contribution in [-0.2, 0) is 0 Å². The quantitative estimate of drug-likeness (QED) is 0.768. The average Bonchev–Trinajstić information content (AvgIpc) is 2.74. The minimum absolute atomic E-state index is 0.200. The molecule has 15 heavy (non-hydrogen) atoms. The van der Waals surface area contributed by atoms with Crippen molar-refractivity contribution in [3.8, 4) is 0 Å². The monoisotopic (exact) mass is 284 g/mol. The number of carbonyl (C=O) groups is 1. The fraction of sp³-hybridized carbons (Fsp3) is 0.417. The van der Waals surface area contributed by atoms with E-state index in [2.05, 4.69) is 15.9 Å². The molecule has 1 aliphatic rings. The lowest BCUT2D eigenvalue weighted by atomic mass is 10.0. The summed E-state index contributed by atoms with van der Waals surface area (Å²) in [5.41, 5.74) is 1.99. The Morgan fingerprint density at radius 2 is 2.33 bits per heavy atom. The molecule has 0 radical (unpaired) electrons. The predicted octanol–water partition coefficient (Wildman–Crippen LogP) is 3.84. The zero-order chi connectivity index (χ0) is 10.8. The Hall–Kier alpha value is -0.280. The summed E-state index contributed by atoms with van der Waals surface area (Å²) in [7, 11) is 0. The van der Waals surface area contributed by atoms with Crippen molar-refractivity contribution in [2.75, 3.05) is 5.75 Å². The zero-order valence-corrected chi connectivity index (χ0v) is 11.0. The van der Waals surface area contributed by atoms with Crippen molar-refractivity contribution in [3.05, 3.63) is 33.8 Å². The van der Waals surface area contributed by atoms with Crippen LogP contribution in [0.3, 0.4) is 0 Å². The number of ketones is 1. The first-order valence-electron chi connectivity index (χ1n) is 5.10. The maximum Gasteiger partial charge on any atom is 0.175 e. The van der Waals surface area contributed by atoms with Crippen LogP contribution in [-0.4, -0.2) is 16.8 Å². The molecule has 1 atom stereocenters. The number of carbonyl (C=O) groups excluding carboxylic acids is 1. The number of thioether (sulfide) groups is 1. The number of aryl methyl sites for hydroxylation is 1. The van der Waals surface area contributed by atoms with E-state index < -0.39 is 0 Å². The number of hydrogen-bond acceptors (Lipinski definition) is 2. The van der Waals surface area contributed by atoms with Crippen LogP contribution in [0.5, 0.6) is 0 Å². The second-order valence-electron chi connectivity index (χ2n) is 3.83. The molecule has 80 valence electrons. The van der Waals surface area contributed by atoms with Gasteiger partial charge < -0.3 is 0 Å². The van der Waals surface area contributed by atoms with E-state index in [1.807, 2.05) is 25.1 Å². The Labute approximate surface area is 103 Å². The number of Topliss-reactive ketones (excluding diaryl/α,β-unsaturated/α-hetero) is 1. The molecule has 0 saturated carbocycles. The summed E-state index contributed by atoms with van der Waals surface area (Å²) in [5, 5.41) is 0.200. The van der Waals surface area contributed by atoms with Gasteiger partial charge in [0.05, 0.1) is 5.25 Å². The molecule has 0 aromatic heterocycles. The molecule has 1 aromatic carbocycles. The molecule has 0 amide bonds. The first-order valence-corrected chi connectivity index (χ1v) is 6.94. The van der Waals surface area contributed by atoms with E-state index in [0.29, 0.717) is 5.78 Å².